The van der Waals surface area contributed by atoms with E-state index in [9.17, 15) is 9.90 Å². The molecular weight excluding hydrogens is 230 g/mol. The summed E-state index contributed by atoms with van der Waals surface area (Å²) >= 11 is 0. The molecule has 0 radical (unpaired) electrons. The fraction of sp³-hybridized carbons (Fsp3) is 0.929. The highest BCUT2D eigenvalue weighted by atomic mass is 16.5. The maximum atomic E-state index is 11.5. The van der Waals surface area contributed by atoms with E-state index in [1.807, 2.05) is 34.6 Å². The van der Waals surface area contributed by atoms with Crippen molar-refractivity contribution in [2.75, 3.05) is 19.7 Å². The molecule has 1 rings (SSSR count). The van der Waals surface area contributed by atoms with Gasteiger partial charge in [0.2, 0.25) is 0 Å². The van der Waals surface area contributed by atoms with Crippen molar-refractivity contribution < 1.29 is 14.6 Å². The Morgan fingerprint density at radius 1 is 1.44 bits per heavy atom. The third-order valence-corrected chi connectivity index (χ3v) is 3.52. The molecule has 18 heavy (non-hydrogen) atoms. The van der Waals surface area contributed by atoms with Crippen LogP contribution in [0.2, 0.25) is 0 Å². The van der Waals surface area contributed by atoms with Gasteiger partial charge in [-0.25, -0.2) is 0 Å². The summed E-state index contributed by atoms with van der Waals surface area (Å²) in [5, 5.41) is 9.42. The number of hydrogen-bond donors (Lipinski definition) is 1. The lowest BCUT2D eigenvalue weighted by Gasteiger charge is -2.44. The third-order valence-electron chi connectivity index (χ3n) is 3.52. The van der Waals surface area contributed by atoms with E-state index < -0.39 is 12.0 Å². The predicted octanol–water partition coefficient (Wildman–Crippen LogP) is 2.38. The molecule has 4 nitrogen and oxygen atoms in total. The van der Waals surface area contributed by atoms with Gasteiger partial charge in [0.05, 0.1) is 12.2 Å². The average Bonchev–Trinajstić information content (AvgIpc) is 2.13. The van der Waals surface area contributed by atoms with Crippen LogP contribution in [0.4, 0.5) is 0 Å². The molecule has 0 spiro atoms. The first kappa shape index (κ1) is 15.4. The van der Waals surface area contributed by atoms with Gasteiger partial charge in [-0.2, -0.15) is 0 Å². The van der Waals surface area contributed by atoms with E-state index in [0.29, 0.717) is 13.2 Å². The molecule has 106 valence electrons. The average molecular weight is 257 g/mol. The summed E-state index contributed by atoms with van der Waals surface area (Å²) in [5.74, 6) is -0.713. The highest BCUT2D eigenvalue weighted by Crippen LogP contribution is 2.35. The zero-order chi connectivity index (χ0) is 14.0. The maximum Gasteiger partial charge on any atom is 0.321 e. The Morgan fingerprint density at radius 3 is 2.56 bits per heavy atom. The molecule has 1 fully saturated rings. The van der Waals surface area contributed by atoms with Crippen LogP contribution >= 0.6 is 0 Å². The molecule has 1 heterocycles. The van der Waals surface area contributed by atoms with Gasteiger partial charge in [0.25, 0.3) is 0 Å². The van der Waals surface area contributed by atoms with E-state index in [0.717, 1.165) is 19.4 Å². The molecule has 0 aromatic heterocycles. The van der Waals surface area contributed by atoms with Gasteiger partial charge in [0, 0.05) is 6.54 Å². The molecule has 1 N–H and O–H groups in total. The minimum absolute atomic E-state index is 0.161. The van der Waals surface area contributed by atoms with Gasteiger partial charge in [-0.15, -0.1) is 0 Å². The van der Waals surface area contributed by atoms with Crippen molar-refractivity contribution in [1.82, 2.24) is 4.90 Å². The summed E-state index contributed by atoms with van der Waals surface area (Å²) < 4.78 is 5.69. The monoisotopic (exact) mass is 257 g/mol. The Kier molecular flexibility index (Phi) is 4.78. The van der Waals surface area contributed by atoms with Gasteiger partial charge < -0.3 is 9.84 Å². The Hall–Kier alpha value is -0.610. The number of carbonyl (C=O) groups is 1. The number of nitrogens with zero attached hydrogens (tertiary/aromatic N) is 1. The van der Waals surface area contributed by atoms with E-state index >= 15 is 0 Å². The number of hydrogen-bond acceptors (Lipinski definition) is 3. The first-order valence-corrected chi connectivity index (χ1v) is 6.74. The van der Waals surface area contributed by atoms with Crippen LogP contribution in [-0.2, 0) is 9.53 Å². The molecule has 0 aliphatic carbocycles. The fourth-order valence-corrected chi connectivity index (χ4v) is 2.70. The first-order chi connectivity index (χ1) is 8.13. The second-order valence-corrected chi connectivity index (χ2v) is 6.83. The van der Waals surface area contributed by atoms with Crippen molar-refractivity contribution in [2.24, 2.45) is 5.41 Å². The molecule has 0 saturated carbocycles. The maximum absolute atomic E-state index is 11.5. The molecule has 1 unspecified atom stereocenters. The summed E-state index contributed by atoms with van der Waals surface area (Å²) in [5.41, 5.74) is -0.324. The normalized spacial score (nSPS) is 25.1. The first-order valence-electron chi connectivity index (χ1n) is 6.74. The summed E-state index contributed by atoms with van der Waals surface area (Å²) in [4.78, 5) is 13.5. The quantitative estimate of drug-likeness (QED) is 0.840. The number of carboxylic acids is 1. The Bertz CT molecular complexity index is 294. The van der Waals surface area contributed by atoms with Crippen molar-refractivity contribution >= 4 is 5.97 Å². The van der Waals surface area contributed by atoms with Crippen molar-refractivity contribution in [2.45, 2.75) is 59.1 Å². The van der Waals surface area contributed by atoms with Crippen LogP contribution in [0.25, 0.3) is 0 Å². The van der Waals surface area contributed by atoms with E-state index in [-0.39, 0.29) is 11.0 Å². The van der Waals surface area contributed by atoms with Crippen molar-refractivity contribution in [3.8, 4) is 0 Å². The summed E-state index contributed by atoms with van der Waals surface area (Å²) in [6.07, 6.45) is 2.03. The Labute approximate surface area is 110 Å². The van der Waals surface area contributed by atoms with Gasteiger partial charge in [0.1, 0.15) is 6.04 Å². The number of likely N-dealkylation sites (tertiary alicyclic amines) is 1. The molecule has 0 bridgehead atoms. The van der Waals surface area contributed by atoms with Gasteiger partial charge in [0.15, 0.2) is 0 Å². The third kappa shape index (κ3) is 4.25. The van der Waals surface area contributed by atoms with E-state index in [1.54, 1.807) is 0 Å². The zero-order valence-electron chi connectivity index (χ0n) is 12.3. The molecule has 1 aliphatic heterocycles. The lowest BCUT2D eigenvalue weighted by molar-refractivity contribution is -0.151. The Balaban J connectivity index is 2.59. The van der Waals surface area contributed by atoms with Crippen LogP contribution in [0.1, 0.15) is 47.5 Å². The Morgan fingerprint density at radius 2 is 2.06 bits per heavy atom. The van der Waals surface area contributed by atoms with Crippen LogP contribution in [-0.4, -0.2) is 47.3 Å². The SMILES string of the molecule is CC(C)(C)OCCN1CCCC(C)(C)C1C(=O)O. The molecular formula is C14H27NO3. The molecule has 0 amide bonds. The second kappa shape index (κ2) is 5.57. The molecule has 0 aromatic rings. The van der Waals surface area contributed by atoms with Crippen molar-refractivity contribution in [3.63, 3.8) is 0 Å². The number of rotatable bonds is 4. The lowest BCUT2D eigenvalue weighted by atomic mass is 9.76. The van der Waals surface area contributed by atoms with Crippen LogP contribution < -0.4 is 0 Å². The van der Waals surface area contributed by atoms with Gasteiger partial charge in [-0.05, 0) is 45.6 Å². The largest absolute Gasteiger partial charge is 0.480 e. The lowest BCUT2D eigenvalue weighted by Crippen LogP contribution is -2.55. The van der Waals surface area contributed by atoms with E-state index in [2.05, 4.69) is 4.90 Å². The van der Waals surface area contributed by atoms with Crippen molar-refractivity contribution in [3.05, 3.63) is 0 Å². The standard InChI is InChI=1S/C14H27NO3/c1-13(2,3)18-10-9-15-8-6-7-14(4,5)11(15)12(16)17/h11H,6-10H2,1-5H3,(H,16,17). The molecule has 1 atom stereocenters. The summed E-state index contributed by atoms with van der Waals surface area (Å²) in [6, 6.07) is -0.394. The van der Waals surface area contributed by atoms with Gasteiger partial charge in [-0.3, -0.25) is 9.69 Å². The van der Waals surface area contributed by atoms with Crippen LogP contribution in [0.15, 0.2) is 0 Å². The summed E-state index contributed by atoms with van der Waals surface area (Å²) in [7, 11) is 0. The number of piperidine rings is 1. The highest BCUT2D eigenvalue weighted by molar-refractivity contribution is 5.74. The summed E-state index contributed by atoms with van der Waals surface area (Å²) in [6.45, 7) is 12.3. The second-order valence-electron chi connectivity index (χ2n) is 6.83. The predicted molar refractivity (Wildman–Crippen MR) is 71.7 cm³/mol. The zero-order valence-corrected chi connectivity index (χ0v) is 12.3. The van der Waals surface area contributed by atoms with E-state index in [1.165, 1.54) is 0 Å². The van der Waals surface area contributed by atoms with Crippen molar-refractivity contribution in [1.29, 1.82) is 0 Å². The number of ether oxygens (including phenoxy) is 1. The topological polar surface area (TPSA) is 49.8 Å². The van der Waals surface area contributed by atoms with Crippen LogP contribution in [0.3, 0.4) is 0 Å². The molecule has 0 aromatic carbocycles. The molecule has 4 heteroatoms. The van der Waals surface area contributed by atoms with E-state index in [4.69, 9.17) is 4.74 Å². The smallest absolute Gasteiger partial charge is 0.321 e. The minimum atomic E-state index is -0.713. The van der Waals surface area contributed by atoms with Gasteiger partial charge >= 0.3 is 5.97 Å². The van der Waals surface area contributed by atoms with Gasteiger partial charge in [-0.1, -0.05) is 13.8 Å². The molecule has 1 saturated heterocycles. The van der Waals surface area contributed by atoms with Crippen LogP contribution in [0, 0.1) is 5.41 Å². The molecule has 1 aliphatic rings. The minimum Gasteiger partial charge on any atom is -0.480 e. The van der Waals surface area contributed by atoms with Crippen LogP contribution in [0.5, 0.6) is 0 Å². The number of aliphatic carboxylic acids is 1. The fourth-order valence-electron chi connectivity index (χ4n) is 2.70. The highest BCUT2D eigenvalue weighted by Gasteiger charge is 2.42. The number of carboxylic acid groups (broad SMARTS) is 1.